The van der Waals surface area contributed by atoms with E-state index in [0.717, 1.165) is 22.6 Å². The lowest BCUT2D eigenvalue weighted by atomic mass is 9.86. The largest absolute Gasteiger partial charge is 0.508 e. The lowest BCUT2D eigenvalue weighted by Gasteiger charge is -2.25. The molecule has 4 rings (SSSR count). The van der Waals surface area contributed by atoms with E-state index in [-0.39, 0.29) is 16.9 Å². The van der Waals surface area contributed by atoms with Crippen LogP contribution in [0.3, 0.4) is 0 Å². The van der Waals surface area contributed by atoms with Crippen LogP contribution in [0.25, 0.3) is 11.1 Å². The summed E-state index contributed by atoms with van der Waals surface area (Å²) in [6.07, 6.45) is 5.75. The van der Waals surface area contributed by atoms with E-state index in [1.165, 1.54) is 5.56 Å². The van der Waals surface area contributed by atoms with E-state index in [4.69, 9.17) is 0 Å². The monoisotopic (exact) mass is 387 g/mol. The Morgan fingerprint density at radius 2 is 1.52 bits per heavy atom. The SMILES string of the molecule is CC(C)(C)c1ccc(O)c(N2C=CN(c3ccc(-c4ccc(O)cc4)cn3)C2)c1. The number of aromatic nitrogens is 1. The average Bonchev–Trinajstić information content (AvgIpc) is 3.18. The molecule has 0 atom stereocenters. The Hall–Kier alpha value is -3.47. The Morgan fingerprint density at radius 3 is 2.17 bits per heavy atom. The van der Waals surface area contributed by atoms with Crippen LogP contribution in [0.5, 0.6) is 11.5 Å². The van der Waals surface area contributed by atoms with Crippen LogP contribution in [0.4, 0.5) is 11.5 Å². The highest BCUT2D eigenvalue weighted by molar-refractivity contribution is 5.67. The number of hydrogen-bond acceptors (Lipinski definition) is 5. The second kappa shape index (κ2) is 7.17. The van der Waals surface area contributed by atoms with E-state index in [2.05, 4.69) is 25.8 Å². The van der Waals surface area contributed by atoms with E-state index >= 15 is 0 Å². The highest BCUT2D eigenvalue weighted by Crippen LogP contribution is 2.35. The quantitative estimate of drug-likeness (QED) is 0.646. The van der Waals surface area contributed by atoms with Crippen LogP contribution in [-0.2, 0) is 5.41 Å². The second-order valence-electron chi connectivity index (χ2n) is 8.28. The smallest absolute Gasteiger partial charge is 0.139 e. The van der Waals surface area contributed by atoms with Crippen molar-refractivity contribution in [3.05, 3.63) is 78.8 Å². The van der Waals surface area contributed by atoms with Gasteiger partial charge in [-0.3, -0.25) is 0 Å². The summed E-state index contributed by atoms with van der Waals surface area (Å²) in [4.78, 5) is 8.64. The summed E-state index contributed by atoms with van der Waals surface area (Å²) in [7, 11) is 0. The summed E-state index contributed by atoms with van der Waals surface area (Å²) in [5.41, 5.74) is 3.97. The van der Waals surface area contributed by atoms with Crippen molar-refractivity contribution in [3.8, 4) is 22.6 Å². The summed E-state index contributed by atoms with van der Waals surface area (Å²) < 4.78 is 0. The first-order valence-corrected chi connectivity index (χ1v) is 9.62. The first-order chi connectivity index (χ1) is 13.8. The Morgan fingerprint density at radius 1 is 0.828 bits per heavy atom. The minimum absolute atomic E-state index is 0.0111. The Bertz CT molecular complexity index is 1040. The van der Waals surface area contributed by atoms with Gasteiger partial charge >= 0.3 is 0 Å². The van der Waals surface area contributed by atoms with E-state index in [1.807, 2.05) is 64.8 Å². The molecule has 5 nitrogen and oxygen atoms in total. The van der Waals surface area contributed by atoms with E-state index in [9.17, 15) is 10.2 Å². The molecule has 0 spiro atoms. The van der Waals surface area contributed by atoms with Crippen LogP contribution < -0.4 is 9.80 Å². The third kappa shape index (κ3) is 3.90. The molecule has 2 aromatic carbocycles. The Kier molecular flexibility index (Phi) is 4.66. The molecule has 0 saturated carbocycles. The maximum Gasteiger partial charge on any atom is 0.139 e. The minimum atomic E-state index is 0.0111. The summed E-state index contributed by atoms with van der Waals surface area (Å²) in [5.74, 6) is 1.34. The van der Waals surface area contributed by atoms with Crippen LogP contribution >= 0.6 is 0 Å². The van der Waals surface area contributed by atoms with Gasteiger partial charge in [-0.25, -0.2) is 4.98 Å². The molecule has 148 valence electrons. The second-order valence-corrected chi connectivity index (χ2v) is 8.28. The van der Waals surface area contributed by atoms with Crippen molar-refractivity contribution >= 4 is 11.5 Å². The molecule has 3 aromatic rings. The highest BCUT2D eigenvalue weighted by atomic mass is 16.3. The minimum Gasteiger partial charge on any atom is -0.508 e. The van der Waals surface area contributed by atoms with Crippen LogP contribution in [-0.4, -0.2) is 21.9 Å². The van der Waals surface area contributed by atoms with Crippen molar-refractivity contribution in [1.29, 1.82) is 0 Å². The maximum absolute atomic E-state index is 10.4. The van der Waals surface area contributed by atoms with Gasteiger partial charge in [0, 0.05) is 24.2 Å². The van der Waals surface area contributed by atoms with Gasteiger partial charge < -0.3 is 20.0 Å². The third-order valence-corrected chi connectivity index (χ3v) is 5.12. The molecule has 5 heteroatoms. The van der Waals surface area contributed by atoms with Crippen molar-refractivity contribution in [3.63, 3.8) is 0 Å². The van der Waals surface area contributed by atoms with Gasteiger partial charge in [-0.2, -0.15) is 0 Å². The number of benzene rings is 2. The first kappa shape index (κ1) is 18.9. The molecular formula is C24H25N3O2. The molecule has 0 aliphatic carbocycles. The molecule has 29 heavy (non-hydrogen) atoms. The van der Waals surface area contributed by atoms with Gasteiger partial charge in [0.25, 0.3) is 0 Å². The standard InChI is InChI=1S/C24H25N3O2/c1-24(2,3)19-7-10-22(29)21(14-19)26-12-13-27(16-26)23-11-6-18(15-25-23)17-4-8-20(28)9-5-17/h4-15,28-29H,16H2,1-3H3. The van der Waals surface area contributed by atoms with Crippen molar-refractivity contribution in [2.24, 2.45) is 0 Å². The molecule has 1 aliphatic rings. The Labute approximate surface area is 171 Å². The number of rotatable bonds is 3. The zero-order valence-corrected chi connectivity index (χ0v) is 16.9. The number of hydrogen-bond donors (Lipinski definition) is 2. The van der Waals surface area contributed by atoms with Crippen molar-refractivity contribution in [2.75, 3.05) is 16.5 Å². The number of anilines is 2. The van der Waals surface area contributed by atoms with Gasteiger partial charge in [-0.15, -0.1) is 0 Å². The zero-order chi connectivity index (χ0) is 20.6. The normalized spacial score (nSPS) is 13.9. The molecule has 1 aliphatic heterocycles. The van der Waals surface area contributed by atoms with Crippen molar-refractivity contribution in [1.82, 2.24) is 4.98 Å². The van der Waals surface area contributed by atoms with Crippen molar-refractivity contribution in [2.45, 2.75) is 26.2 Å². The molecule has 0 fully saturated rings. The van der Waals surface area contributed by atoms with Gasteiger partial charge in [0.05, 0.1) is 5.69 Å². The predicted molar refractivity (Wildman–Crippen MR) is 117 cm³/mol. The molecule has 0 bridgehead atoms. The molecule has 2 N–H and O–H groups in total. The highest BCUT2D eigenvalue weighted by Gasteiger charge is 2.21. The van der Waals surface area contributed by atoms with E-state index in [0.29, 0.717) is 6.67 Å². The molecule has 0 amide bonds. The van der Waals surface area contributed by atoms with Crippen LogP contribution in [0.1, 0.15) is 26.3 Å². The summed E-state index contributed by atoms with van der Waals surface area (Å²) in [6, 6.07) is 16.8. The molecule has 0 saturated heterocycles. The average molecular weight is 387 g/mol. The number of phenolic OH excluding ortho intramolecular Hbond substituents is 2. The van der Waals surface area contributed by atoms with E-state index < -0.39 is 0 Å². The molecule has 2 heterocycles. The van der Waals surface area contributed by atoms with Crippen LogP contribution in [0, 0.1) is 0 Å². The van der Waals surface area contributed by atoms with E-state index in [1.54, 1.807) is 18.2 Å². The molecule has 0 radical (unpaired) electrons. The van der Waals surface area contributed by atoms with Gasteiger partial charge in [0.1, 0.15) is 24.0 Å². The van der Waals surface area contributed by atoms with Crippen LogP contribution in [0.15, 0.2) is 73.2 Å². The maximum atomic E-state index is 10.4. The topological polar surface area (TPSA) is 59.8 Å². The third-order valence-electron chi connectivity index (χ3n) is 5.12. The molecule has 0 unspecified atom stereocenters. The summed E-state index contributed by atoms with van der Waals surface area (Å²) in [5, 5.41) is 19.8. The fraction of sp³-hybridized carbons (Fsp3) is 0.208. The van der Waals surface area contributed by atoms with Gasteiger partial charge in [0.15, 0.2) is 0 Å². The number of pyridine rings is 1. The van der Waals surface area contributed by atoms with Gasteiger partial charge in [-0.1, -0.05) is 39.0 Å². The lowest BCUT2D eigenvalue weighted by molar-refractivity contribution is 0.474. The first-order valence-electron chi connectivity index (χ1n) is 9.62. The molecular weight excluding hydrogens is 362 g/mol. The Balaban J connectivity index is 1.52. The predicted octanol–water partition coefficient (Wildman–Crippen LogP) is 5.21. The summed E-state index contributed by atoms with van der Waals surface area (Å²) >= 11 is 0. The zero-order valence-electron chi connectivity index (χ0n) is 16.9. The summed E-state index contributed by atoms with van der Waals surface area (Å²) in [6.45, 7) is 7.06. The fourth-order valence-corrected chi connectivity index (χ4v) is 3.33. The van der Waals surface area contributed by atoms with Gasteiger partial charge in [0.2, 0.25) is 0 Å². The molecule has 1 aromatic heterocycles. The number of phenols is 2. The fourth-order valence-electron chi connectivity index (χ4n) is 3.33. The van der Waals surface area contributed by atoms with Crippen LogP contribution in [0.2, 0.25) is 0 Å². The lowest BCUT2D eigenvalue weighted by Crippen LogP contribution is -2.25. The van der Waals surface area contributed by atoms with Gasteiger partial charge in [-0.05, 0) is 52.9 Å². The number of nitrogens with zero attached hydrogens (tertiary/aromatic N) is 3. The number of aromatic hydroxyl groups is 2. The van der Waals surface area contributed by atoms with Crippen molar-refractivity contribution < 1.29 is 10.2 Å².